The molecule has 0 bridgehead atoms. The summed E-state index contributed by atoms with van der Waals surface area (Å²) in [5, 5.41) is 0. The van der Waals surface area contributed by atoms with E-state index in [1.54, 1.807) is 6.08 Å². The van der Waals surface area contributed by atoms with Crippen LogP contribution in [0.25, 0.3) is 0 Å². The molecule has 5 heteroatoms. The zero-order chi connectivity index (χ0) is 13.3. The van der Waals surface area contributed by atoms with E-state index in [2.05, 4.69) is 0 Å². The highest BCUT2D eigenvalue weighted by Gasteiger charge is 2.44. The Hall–Kier alpha value is -1.78. The molecule has 0 saturated heterocycles. The van der Waals surface area contributed by atoms with Gasteiger partial charge in [0, 0.05) is 18.2 Å². The fourth-order valence-electron chi connectivity index (χ4n) is 2.07. The van der Waals surface area contributed by atoms with E-state index in [0.717, 1.165) is 10.5 Å². The number of carbonyl (C=O) groups is 1. The lowest BCUT2D eigenvalue weighted by Gasteiger charge is -2.20. The van der Waals surface area contributed by atoms with Gasteiger partial charge >= 0.3 is 12.1 Å². The summed E-state index contributed by atoms with van der Waals surface area (Å²) in [6.45, 7) is 1.57. The smallest absolute Gasteiger partial charge is 0.308 e. The maximum absolute atomic E-state index is 12.4. The van der Waals surface area contributed by atoms with Gasteiger partial charge in [-0.1, -0.05) is 36.4 Å². The van der Waals surface area contributed by atoms with Gasteiger partial charge in [-0.25, -0.2) is 0 Å². The molecule has 0 fully saturated rings. The highest BCUT2D eigenvalue weighted by atomic mass is 19.4. The Morgan fingerprint density at radius 2 is 1.89 bits per heavy atom. The van der Waals surface area contributed by atoms with Crippen LogP contribution in [0.3, 0.4) is 0 Å². The Balaban J connectivity index is 2.18. The summed E-state index contributed by atoms with van der Waals surface area (Å²) in [4.78, 5) is 12.0. The minimum Gasteiger partial charge on any atom is -0.308 e. The number of alkyl halides is 3. The molecule has 1 aromatic rings. The Labute approximate surface area is 103 Å². The second-order valence-electron chi connectivity index (χ2n) is 4.24. The van der Waals surface area contributed by atoms with Gasteiger partial charge in [-0.3, -0.25) is 4.79 Å². The third-order valence-electron chi connectivity index (χ3n) is 2.96. The molecule has 1 unspecified atom stereocenters. The van der Waals surface area contributed by atoms with E-state index in [4.69, 9.17) is 0 Å². The van der Waals surface area contributed by atoms with Crippen LogP contribution in [-0.4, -0.2) is 23.5 Å². The second kappa shape index (κ2) is 4.48. The SMILES string of the molecule is CC1=CC(c2ccccc2)CN1C(=O)C(F)(F)F. The van der Waals surface area contributed by atoms with Crippen LogP contribution >= 0.6 is 0 Å². The van der Waals surface area contributed by atoms with E-state index < -0.39 is 12.1 Å². The average molecular weight is 255 g/mol. The normalized spacial score (nSPS) is 19.9. The predicted molar refractivity (Wildman–Crippen MR) is 60.7 cm³/mol. The second-order valence-corrected chi connectivity index (χ2v) is 4.24. The minimum absolute atomic E-state index is 0.0498. The number of hydrogen-bond donors (Lipinski definition) is 0. The van der Waals surface area contributed by atoms with Gasteiger partial charge in [-0.15, -0.1) is 0 Å². The molecule has 96 valence electrons. The van der Waals surface area contributed by atoms with Crippen molar-refractivity contribution in [1.82, 2.24) is 4.90 Å². The molecule has 0 saturated carbocycles. The van der Waals surface area contributed by atoms with Crippen molar-refractivity contribution >= 4 is 5.91 Å². The van der Waals surface area contributed by atoms with Crippen LogP contribution < -0.4 is 0 Å². The monoisotopic (exact) mass is 255 g/mol. The van der Waals surface area contributed by atoms with E-state index in [-0.39, 0.29) is 12.5 Å². The van der Waals surface area contributed by atoms with Gasteiger partial charge in [0.1, 0.15) is 0 Å². The van der Waals surface area contributed by atoms with Crippen LogP contribution in [0.4, 0.5) is 13.2 Å². The molecule has 2 nitrogen and oxygen atoms in total. The van der Waals surface area contributed by atoms with Crippen molar-refractivity contribution in [2.45, 2.75) is 19.0 Å². The maximum Gasteiger partial charge on any atom is 0.471 e. The lowest BCUT2D eigenvalue weighted by Crippen LogP contribution is -2.39. The number of benzene rings is 1. The van der Waals surface area contributed by atoms with Gasteiger partial charge in [0.15, 0.2) is 0 Å². The number of halogens is 3. The molecule has 1 atom stereocenters. The Bertz CT molecular complexity index is 479. The van der Waals surface area contributed by atoms with E-state index in [1.165, 1.54) is 6.92 Å². The molecule has 0 radical (unpaired) electrons. The van der Waals surface area contributed by atoms with Gasteiger partial charge in [-0.2, -0.15) is 13.2 Å². The van der Waals surface area contributed by atoms with E-state index in [9.17, 15) is 18.0 Å². The van der Waals surface area contributed by atoms with Crippen molar-refractivity contribution in [3.8, 4) is 0 Å². The van der Waals surface area contributed by atoms with Gasteiger partial charge in [0.25, 0.3) is 0 Å². The van der Waals surface area contributed by atoms with Crippen LogP contribution in [0.1, 0.15) is 18.4 Å². The van der Waals surface area contributed by atoms with E-state index in [0.29, 0.717) is 5.70 Å². The average Bonchev–Trinajstić information content (AvgIpc) is 2.70. The van der Waals surface area contributed by atoms with Crippen LogP contribution in [0.15, 0.2) is 42.1 Å². The quantitative estimate of drug-likeness (QED) is 0.755. The van der Waals surface area contributed by atoms with Crippen LogP contribution in [0.5, 0.6) is 0 Å². The Kier molecular flexibility index (Phi) is 3.15. The van der Waals surface area contributed by atoms with Crippen LogP contribution in [0, 0.1) is 0 Å². The minimum atomic E-state index is -4.82. The van der Waals surface area contributed by atoms with Crippen molar-refractivity contribution in [3.63, 3.8) is 0 Å². The fourth-order valence-corrected chi connectivity index (χ4v) is 2.07. The number of nitrogens with zero attached hydrogens (tertiary/aromatic N) is 1. The van der Waals surface area contributed by atoms with Gasteiger partial charge in [0.2, 0.25) is 0 Å². The molecule has 1 aliphatic heterocycles. The molecule has 1 heterocycles. The molecular formula is C13H12F3NO. The summed E-state index contributed by atoms with van der Waals surface area (Å²) in [6, 6.07) is 9.18. The first-order valence-electron chi connectivity index (χ1n) is 5.51. The summed E-state index contributed by atoms with van der Waals surface area (Å²) in [5.41, 5.74) is 1.26. The lowest BCUT2D eigenvalue weighted by molar-refractivity contribution is -0.183. The largest absolute Gasteiger partial charge is 0.471 e. The third-order valence-corrected chi connectivity index (χ3v) is 2.96. The molecule has 0 aliphatic carbocycles. The molecule has 0 spiro atoms. The first-order valence-corrected chi connectivity index (χ1v) is 5.51. The molecule has 18 heavy (non-hydrogen) atoms. The summed E-state index contributed by atoms with van der Waals surface area (Å²) >= 11 is 0. The fraction of sp³-hybridized carbons (Fsp3) is 0.308. The third kappa shape index (κ3) is 2.39. The standard InChI is InChI=1S/C13H12F3NO/c1-9-7-11(10-5-3-2-4-6-10)8-17(9)12(18)13(14,15)16/h2-7,11H,8H2,1H3. The maximum atomic E-state index is 12.4. The summed E-state index contributed by atoms with van der Waals surface area (Å²) in [5.74, 6) is -1.97. The molecule has 1 amide bonds. The summed E-state index contributed by atoms with van der Waals surface area (Å²) in [6.07, 6.45) is -3.13. The molecule has 0 N–H and O–H groups in total. The predicted octanol–water partition coefficient (Wildman–Crippen LogP) is 3.08. The first-order chi connectivity index (χ1) is 8.39. The van der Waals surface area contributed by atoms with Crippen LogP contribution in [0.2, 0.25) is 0 Å². The molecular weight excluding hydrogens is 243 g/mol. The number of amides is 1. The summed E-state index contributed by atoms with van der Waals surface area (Å²) in [7, 11) is 0. The highest BCUT2D eigenvalue weighted by molar-refractivity contribution is 5.84. The summed E-state index contributed by atoms with van der Waals surface area (Å²) < 4.78 is 37.2. The van der Waals surface area contributed by atoms with Gasteiger partial charge < -0.3 is 4.90 Å². The molecule has 1 aromatic carbocycles. The number of rotatable bonds is 1. The first kappa shape index (κ1) is 12.7. The topological polar surface area (TPSA) is 20.3 Å². The molecule has 1 aliphatic rings. The Morgan fingerprint density at radius 3 is 2.44 bits per heavy atom. The van der Waals surface area contributed by atoms with Crippen molar-refractivity contribution < 1.29 is 18.0 Å². The van der Waals surface area contributed by atoms with E-state index >= 15 is 0 Å². The van der Waals surface area contributed by atoms with Gasteiger partial charge in [-0.05, 0) is 12.5 Å². The lowest BCUT2D eigenvalue weighted by atomic mass is 10.0. The molecule has 0 aromatic heterocycles. The zero-order valence-electron chi connectivity index (χ0n) is 9.74. The highest BCUT2D eigenvalue weighted by Crippen LogP contribution is 2.31. The van der Waals surface area contributed by atoms with Crippen molar-refractivity contribution in [2.24, 2.45) is 0 Å². The van der Waals surface area contributed by atoms with Crippen molar-refractivity contribution in [2.75, 3.05) is 6.54 Å². The van der Waals surface area contributed by atoms with Gasteiger partial charge in [0.05, 0.1) is 0 Å². The van der Waals surface area contributed by atoms with Crippen molar-refractivity contribution in [3.05, 3.63) is 47.7 Å². The zero-order valence-corrected chi connectivity index (χ0v) is 9.74. The number of allylic oxidation sites excluding steroid dienone is 1. The number of hydrogen-bond acceptors (Lipinski definition) is 1. The van der Waals surface area contributed by atoms with Crippen molar-refractivity contribution in [1.29, 1.82) is 0 Å². The van der Waals surface area contributed by atoms with E-state index in [1.807, 2.05) is 30.3 Å². The number of carbonyl (C=O) groups excluding carboxylic acids is 1. The molecule has 2 rings (SSSR count). The van der Waals surface area contributed by atoms with Crippen LogP contribution in [-0.2, 0) is 4.79 Å². The Morgan fingerprint density at radius 1 is 1.28 bits per heavy atom.